The highest BCUT2D eigenvalue weighted by atomic mass is 32.2. The Morgan fingerprint density at radius 3 is 2.31 bits per heavy atom. The number of fused-ring (bicyclic) bond motifs is 1. The van der Waals surface area contributed by atoms with Crippen LogP contribution in [0, 0.1) is 11.3 Å². The molecule has 0 N–H and O–H groups in total. The van der Waals surface area contributed by atoms with E-state index in [9.17, 15) is 10.1 Å². The lowest BCUT2D eigenvalue weighted by atomic mass is 9.93. The number of ether oxygens (including phenoxy) is 1. The van der Waals surface area contributed by atoms with Crippen molar-refractivity contribution in [1.82, 2.24) is 4.90 Å². The number of carbonyl (C=O) groups excluding carboxylic acids is 1. The van der Waals surface area contributed by atoms with E-state index in [2.05, 4.69) is 46.0 Å². The van der Waals surface area contributed by atoms with Gasteiger partial charge in [-0.1, -0.05) is 20.8 Å². The van der Waals surface area contributed by atoms with E-state index in [-0.39, 0.29) is 15.9 Å². The molecule has 0 bridgehead atoms. The first kappa shape index (κ1) is 24.7. The van der Waals surface area contributed by atoms with Gasteiger partial charge < -0.3 is 14.1 Å². The van der Waals surface area contributed by atoms with Gasteiger partial charge in [0.15, 0.2) is 0 Å². The van der Waals surface area contributed by atoms with Crippen molar-refractivity contribution in [2.45, 2.75) is 87.8 Å². The number of carbonyl (C=O) groups is 1. The van der Waals surface area contributed by atoms with Crippen molar-refractivity contribution in [3.8, 4) is 6.07 Å². The summed E-state index contributed by atoms with van der Waals surface area (Å²) in [6, 6.07) is 8.13. The quantitative estimate of drug-likeness (QED) is 0.443. The topological polar surface area (TPSA) is 62.6 Å². The molecule has 1 aromatic carbocycles. The minimum absolute atomic E-state index is 0.0681. The maximum Gasteiger partial charge on any atom is 0.410 e. The fourth-order valence-corrected chi connectivity index (χ4v) is 6.02. The molecular formula is C25H36N2O3SSi. The molecule has 32 heavy (non-hydrogen) atoms. The van der Waals surface area contributed by atoms with Crippen LogP contribution >= 0.6 is 11.8 Å². The monoisotopic (exact) mass is 472 g/mol. The summed E-state index contributed by atoms with van der Waals surface area (Å²) in [6.45, 7) is 18.2. The van der Waals surface area contributed by atoms with Gasteiger partial charge in [0, 0.05) is 28.3 Å². The van der Waals surface area contributed by atoms with Gasteiger partial charge in [-0.3, -0.25) is 0 Å². The van der Waals surface area contributed by atoms with Gasteiger partial charge >= 0.3 is 6.09 Å². The second-order valence-electron chi connectivity index (χ2n) is 11.3. The van der Waals surface area contributed by atoms with Gasteiger partial charge in [-0.05, 0) is 76.0 Å². The lowest BCUT2D eigenvalue weighted by Gasteiger charge is -2.44. The summed E-state index contributed by atoms with van der Waals surface area (Å²) >= 11 is 1.83. The maximum atomic E-state index is 12.5. The predicted molar refractivity (Wildman–Crippen MR) is 133 cm³/mol. The van der Waals surface area contributed by atoms with Crippen molar-refractivity contribution in [2.75, 3.05) is 13.1 Å². The highest BCUT2D eigenvalue weighted by Crippen LogP contribution is 2.51. The zero-order valence-electron chi connectivity index (χ0n) is 20.7. The molecule has 174 valence electrons. The average Bonchev–Trinajstić information content (AvgIpc) is 2.65. The minimum atomic E-state index is -2.07. The van der Waals surface area contributed by atoms with Crippen molar-refractivity contribution in [3.63, 3.8) is 0 Å². The molecule has 5 nitrogen and oxygen atoms in total. The van der Waals surface area contributed by atoms with Crippen LogP contribution in [0.15, 0.2) is 29.2 Å². The number of benzene rings is 1. The van der Waals surface area contributed by atoms with Crippen molar-refractivity contribution in [3.05, 3.63) is 35.4 Å². The first-order chi connectivity index (χ1) is 14.6. The number of nitrogens with zero attached hydrogens (tertiary/aromatic N) is 2. The molecule has 3 rings (SSSR count). The van der Waals surface area contributed by atoms with E-state index >= 15 is 0 Å². The van der Waals surface area contributed by atoms with Crippen LogP contribution in [0.1, 0.15) is 65.5 Å². The SMILES string of the molecule is CC(C)(C)OC(=O)N1CCC2(C=C(O[Si](C)(C)C(C)(C)C)c3cc(C#N)ccc3S2)CC1. The summed E-state index contributed by atoms with van der Waals surface area (Å²) in [5.74, 6) is 0.896. The molecule has 0 saturated carbocycles. The largest absolute Gasteiger partial charge is 0.543 e. The highest BCUT2D eigenvalue weighted by Gasteiger charge is 2.44. The van der Waals surface area contributed by atoms with Crippen molar-refractivity contribution >= 4 is 31.9 Å². The zero-order chi connectivity index (χ0) is 23.9. The molecule has 1 saturated heterocycles. The summed E-state index contributed by atoms with van der Waals surface area (Å²) in [5.41, 5.74) is 1.16. The first-order valence-corrected chi connectivity index (χ1v) is 15.0. The number of nitriles is 1. The molecule has 7 heteroatoms. The highest BCUT2D eigenvalue weighted by molar-refractivity contribution is 8.01. The Morgan fingerprint density at radius 2 is 1.78 bits per heavy atom. The molecule has 0 aliphatic carbocycles. The Bertz CT molecular complexity index is 959. The number of hydrogen-bond donors (Lipinski definition) is 0. The Kier molecular flexibility index (Phi) is 6.53. The third-order valence-electron chi connectivity index (χ3n) is 6.51. The molecule has 0 radical (unpaired) electrons. The molecule has 2 aliphatic rings. The lowest BCUT2D eigenvalue weighted by molar-refractivity contribution is 0.0207. The summed E-state index contributed by atoms with van der Waals surface area (Å²) in [5, 5.41) is 9.50. The van der Waals surface area contributed by atoms with Crippen LogP contribution in [-0.4, -0.2) is 42.7 Å². The van der Waals surface area contributed by atoms with Gasteiger partial charge in [-0.25, -0.2) is 4.79 Å². The number of hydrogen-bond acceptors (Lipinski definition) is 5. The molecular weight excluding hydrogens is 436 g/mol. The summed E-state index contributed by atoms with van der Waals surface area (Å²) in [6.07, 6.45) is 3.70. The Labute approximate surface area is 198 Å². The maximum absolute atomic E-state index is 12.5. The summed E-state index contributed by atoms with van der Waals surface area (Å²) < 4.78 is 12.3. The van der Waals surface area contributed by atoms with Gasteiger partial charge in [-0.2, -0.15) is 5.26 Å². The van der Waals surface area contributed by atoms with E-state index in [0.29, 0.717) is 18.7 Å². The van der Waals surface area contributed by atoms with Crippen molar-refractivity contribution in [1.29, 1.82) is 5.26 Å². The molecule has 2 heterocycles. The predicted octanol–water partition coefficient (Wildman–Crippen LogP) is 6.80. The second-order valence-corrected chi connectivity index (χ2v) is 17.5. The van der Waals surface area contributed by atoms with Gasteiger partial charge in [0.2, 0.25) is 8.32 Å². The minimum Gasteiger partial charge on any atom is -0.543 e. The number of amides is 1. The van der Waals surface area contributed by atoms with Crippen LogP contribution in [0.3, 0.4) is 0 Å². The number of piperidine rings is 1. The fourth-order valence-electron chi connectivity index (χ4n) is 3.60. The Morgan fingerprint density at radius 1 is 1.16 bits per heavy atom. The van der Waals surface area contributed by atoms with Gasteiger partial charge in [0.1, 0.15) is 11.4 Å². The molecule has 0 atom stereocenters. The van der Waals surface area contributed by atoms with Crippen molar-refractivity contribution < 1.29 is 14.0 Å². The normalized spacial score (nSPS) is 18.5. The number of likely N-dealkylation sites (tertiary alicyclic amines) is 1. The van der Waals surface area contributed by atoms with E-state index in [1.807, 2.05) is 55.6 Å². The standard InChI is InChI=1S/C25H36N2O3SSi/c1-23(2,3)29-22(28)27-13-11-25(12-14-27)16-20(30-32(7,8)24(4,5)6)19-15-18(17-26)9-10-21(19)31-25/h9-10,15-16H,11-14H2,1-8H3. The van der Waals surface area contributed by atoms with E-state index < -0.39 is 13.9 Å². The zero-order valence-corrected chi connectivity index (χ0v) is 22.5. The summed E-state index contributed by atoms with van der Waals surface area (Å²) in [7, 11) is -2.07. The Balaban J connectivity index is 1.90. The van der Waals surface area contributed by atoms with Crippen LogP contribution < -0.4 is 0 Å². The van der Waals surface area contributed by atoms with Crippen LogP contribution in [-0.2, 0) is 9.16 Å². The van der Waals surface area contributed by atoms with Gasteiger partial charge in [0.05, 0.1) is 11.6 Å². The molecule has 1 aromatic rings. The number of thioether (sulfide) groups is 1. The lowest BCUT2D eigenvalue weighted by Crippen LogP contribution is -2.47. The third-order valence-corrected chi connectivity index (χ3v) is 12.4. The molecule has 1 spiro atoms. The molecule has 2 aliphatic heterocycles. The number of rotatable bonds is 2. The molecule has 1 amide bonds. The smallest absolute Gasteiger partial charge is 0.410 e. The average molecular weight is 473 g/mol. The second kappa shape index (κ2) is 8.46. The van der Waals surface area contributed by atoms with E-state index in [1.54, 1.807) is 0 Å². The van der Waals surface area contributed by atoms with Gasteiger partial charge in [-0.15, -0.1) is 11.8 Å². The van der Waals surface area contributed by atoms with Crippen molar-refractivity contribution in [2.24, 2.45) is 0 Å². The molecule has 1 fully saturated rings. The van der Waals surface area contributed by atoms with Crippen LogP contribution in [0.2, 0.25) is 18.1 Å². The molecule has 0 aromatic heterocycles. The fraction of sp³-hybridized carbons (Fsp3) is 0.600. The summed E-state index contributed by atoms with van der Waals surface area (Å²) in [4.78, 5) is 15.5. The Hall–Kier alpha value is -1.91. The van der Waals surface area contributed by atoms with E-state index in [1.165, 1.54) is 0 Å². The van der Waals surface area contributed by atoms with Crippen LogP contribution in [0.25, 0.3) is 5.76 Å². The molecule has 0 unspecified atom stereocenters. The van der Waals surface area contributed by atoms with Crippen LogP contribution in [0.5, 0.6) is 0 Å². The van der Waals surface area contributed by atoms with E-state index in [4.69, 9.17) is 9.16 Å². The van der Waals surface area contributed by atoms with Gasteiger partial charge in [0.25, 0.3) is 0 Å². The third kappa shape index (κ3) is 5.35. The van der Waals surface area contributed by atoms with E-state index in [0.717, 1.165) is 29.1 Å². The van der Waals surface area contributed by atoms with Crippen LogP contribution in [0.4, 0.5) is 4.79 Å². The first-order valence-electron chi connectivity index (χ1n) is 11.3.